The molecule has 1 aromatic heterocycles. The topological polar surface area (TPSA) is 123 Å². The summed E-state index contributed by atoms with van der Waals surface area (Å²) in [7, 11) is 0. The second-order valence-corrected chi connectivity index (χ2v) is 6.08. The van der Waals surface area contributed by atoms with Crippen LogP contribution in [0.25, 0.3) is 0 Å². The van der Waals surface area contributed by atoms with Gasteiger partial charge in [-0.05, 0) is 20.8 Å². The fraction of sp³-hybridized carbons (Fsp3) is 0.545. The lowest BCUT2D eigenvalue weighted by Crippen LogP contribution is -2.27. The predicted molar refractivity (Wildman–Crippen MR) is 76.0 cm³/mol. The van der Waals surface area contributed by atoms with Gasteiger partial charge in [0.1, 0.15) is 10.7 Å². The van der Waals surface area contributed by atoms with E-state index in [0.29, 0.717) is 10.0 Å². The molecule has 8 heteroatoms. The van der Waals surface area contributed by atoms with Gasteiger partial charge in [0, 0.05) is 18.5 Å². The molecule has 19 heavy (non-hydrogen) atoms. The molecule has 2 amide bonds. The van der Waals surface area contributed by atoms with Crippen LogP contribution in [0.5, 0.6) is 0 Å². The molecule has 106 valence electrons. The first-order valence-electron chi connectivity index (χ1n) is 5.80. The third-order valence-electron chi connectivity index (χ3n) is 2.00. The second kappa shape index (κ2) is 5.87. The molecule has 0 spiro atoms. The number of carbonyl (C=O) groups excluding carboxylic acids is 2. The predicted octanol–water partition coefficient (Wildman–Crippen LogP) is 0.541. The van der Waals surface area contributed by atoms with Crippen LogP contribution >= 0.6 is 11.3 Å². The molecule has 0 aliphatic carbocycles. The van der Waals surface area contributed by atoms with Crippen molar-refractivity contribution in [3.05, 3.63) is 4.88 Å². The quantitative estimate of drug-likeness (QED) is 0.628. The van der Waals surface area contributed by atoms with E-state index in [-0.39, 0.29) is 30.2 Å². The van der Waals surface area contributed by atoms with Gasteiger partial charge in [0.15, 0.2) is 5.13 Å². The number of thiazole rings is 1. The lowest BCUT2D eigenvalue weighted by molar-refractivity contribution is -0.117. The molecule has 0 aliphatic rings. The van der Waals surface area contributed by atoms with E-state index in [0.717, 1.165) is 0 Å². The highest BCUT2D eigenvalue weighted by Gasteiger charge is 2.18. The molecule has 0 saturated carbocycles. The summed E-state index contributed by atoms with van der Waals surface area (Å²) < 4.78 is 0. The summed E-state index contributed by atoms with van der Waals surface area (Å²) in [5.41, 5.74) is 10.5. The maximum Gasteiger partial charge on any atom is 0.265 e. The molecular formula is C11H19N5O2S. The monoisotopic (exact) mass is 285 g/mol. The third-order valence-corrected chi connectivity index (χ3v) is 2.98. The van der Waals surface area contributed by atoms with Gasteiger partial charge in [0.2, 0.25) is 5.91 Å². The zero-order valence-electron chi connectivity index (χ0n) is 11.2. The van der Waals surface area contributed by atoms with Gasteiger partial charge in [-0.15, -0.1) is 0 Å². The van der Waals surface area contributed by atoms with Crippen molar-refractivity contribution in [3.63, 3.8) is 0 Å². The van der Waals surface area contributed by atoms with E-state index < -0.39 is 5.91 Å². The van der Waals surface area contributed by atoms with Crippen molar-refractivity contribution >= 4 is 34.1 Å². The van der Waals surface area contributed by atoms with Gasteiger partial charge < -0.3 is 22.1 Å². The van der Waals surface area contributed by atoms with Crippen LogP contribution in [0.1, 0.15) is 36.9 Å². The number of anilines is 2. The summed E-state index contributed by atoms with van der Waals surface area (Å²) in [5, 5.41) is 6.30. The molecule has 0 atom stereocenters. The maximum atomic E-state index is 11.8. The van der Waals surface area contributed by atoms with Crippen molar-refractivity contribution < 1.29 is 9.59 Å². The van der Waals surface area contributed by atoms with E-state index in [1.807, 2.05) is 20.8 Å². The zero-order chi connectivity index (χ0) is 14.6. The number of nitrogens with two attached hydrogens (primary N) is 2. The normalized spacial score (nSPS) is 11.1. The van der Waals surface area contributed by atoms with Gasteiger partial charge in [-0.1, -0.05) is 11.3 Å². The Morgan fingerprint density at radius 2 is 2.00 bits per heavy atom. The first kappa shape index (κ1) is 15.2. The lowest BCUT2D eigenvalue weighted by atomic mass is 10.1. The molecule has 1 heterocycles. The van der Waals surface area contributed by atoms with Crippen molar-refractivity contribution in [3.8, 4) is 0 Å². The number of carbonyl (C=O) groups is 2. The molecule has 0 fully saturated rings. The molecule has 0 radical (unpaired) electrons. The van der Waals surface area contributed by atoms with Crippen LogP contribution in [-0.4, -0.2) is 28.9 Å². The third kappa shape index (κ3) is 5.12. The van der Waals surface area contributed by atoms with Gasteiger partial charge in [0.25, 0.3) is 5.91 Å². The van der Waals surface area contributed by atoms with Crippen LogP contribution in [-0.2, 0) is 4.79 Å². The smallest absolute Gasteiger partial charge is 0.265 e. The Bertz CT molecular complexity index is 478. The summed E-state index contributed by atoms with van der Waals surface area (Å²) in [5.74, 6) is -0.640. The first-order valence-corrected chi connectivity index (χ1v) is 6.61. The van der Waals surface area contributed by atoms with Crippen molar-refractivity contribution in [2.75, 3.05) is 17.6 Å². The Morgan fingerprint density at radius 1 is 1.37 bits per heavy atom. The fourth-order valence-electron chi connectivity index (χ4n) is 1.25. The number of nitrogens with zero attached hydrogens (tertiary/aromatic N) is 1. The van der Waals surface area contributed by atoms with E-state index in [9.17, 15) is 9.59 Å². The molecule has 7 nitrogen and oxygen atoms in total. The Kier molecular flexibility index (Phi) is 4.71. The first-order chi connectivity index (χ1) is 8.69. The average Bonchev–Trinajstić information content (AvgIpc) is 2.55. The minimum Gasteiger partial charge on any atom is -0.382 e. The molecule has 0 aromatic carbocycles. The lowest BCUT2D eigenvalue weighted by Gasteiger charge is -2.19. The largest absolute Gasteiger partial charge is 0.382 e. The molecule has 1 rings (SSSR count). The molecule has 1 aromatic rings. The zero-order valence-corrected chi connectivity index (χ0v) is 12.1. The molecular weight excluding hydrogens is 266 g/mol. The number of hydrogen-bond donors (Lipinski definition) is 4. The molecule has 6 N–H and O–H groups in total. The summed E-state index contributed by atoms with van der Waals surface area (Å²) in [4.78, 5) is 26.8. The van der Waals surface area contributed by atoms with Gasteiger partial charge in [-0.25, -0.2) is 4.98 Å². The van der Waals surface area contributed by atoms with E-state index in [1.54, 1.807) is 0 Å². The number of aromatic nitrogens is 1. The van der Waals surface area contributed by atoms with Crippen LogP contribution in [0.4, 0.5) is 10.9 Å². The van der Waals surface area contributed by atoms with Crippen LogP contribution in [0.15, 0.2) is 0 Å². The fourth-order valence-corrected chi connectivity index (χ4v) is 2.26. The van der Waals surface area contributed by atoms with Crippen molar-refractivity contribution in [1.29, 1.82) is 0 Å². The number of amides is 2. The van der Waals surface area contributed by atoms with E-state index >= 15 is 0 Å². The number of primary amides is 1. The summed E-state index contributed by atoms with van der Waals surface area (Å²) in [6.45, 7) is 6.14. The summed E-state index contributed by atoms with van der Waals surface area (Å²) in [6, 6.07) is 0. The molecule has 0 saturated heterocycles. The molecule has 0 unspecified atom stereocenters. The van der Waals surface area contributed by atoms with Crippen LogP contribution in [0.2, 0.25) is 0 Å². The van der Waals surface area contributed by atoms with Crippen LogP contribution < -0.4 is 22.1 Å². The SMILES string of the molecule is CC(C)(C)Nc1nc(N)c(C(=O)NCCC(N)=O)s1. The van der Waals surface area contributed by atoms with E-state index in [4.69, 9.17) is 11.5 Å². The Hall–Kier alpha value is -1.83. The second-order valence-electron chi connectivity index (χ2n) is 5.08. The number of nitrogen functional groups attached to an aromatic ring is 1. The maximum absolute atomic E-state index is 11.8. The highest BCUT2D eigenvalue weighted by atomic mass is 32.1. The number of nitrogens with one attached hydrogen (secondary N) is 2. The average molecular weight is 285 g/mol. The standard InChI is InChI=1S/C11H19N5O2S/c1-11(2,3)16-10-15-8(13)7(19-10)9(18)14-5-4-6(12)17/h4-5,13H2,1-3H3,(H2,12,17)(H,14,18)(H,15,16). The van der Waals surface area contributed by atoms with Crippen molar-refractivity contribution in [2.45, 2.75) is 32.7 Å². The minimum absolute atomic E-state index is 0.0948. The highest BCUT2D eigenvalue weighted by Crippen LogP contribution is 2.26. The Labute approximate surface area is 115 Å². The Morgan fingerprint density at radius 3 is 2.53 bits per heavy atom. The molecule has 0 aliphatic heterocycles. The highest BCUT2D eigenvalue weighted by molar-refractivity contribution is 7.18. The van der Waals surface area contributed by atoms with Crippen LogP contribution in [0, 0.1) is 0 Å². The Balaban J connectivity index is 2.67. The number of rotatable bonds is 5. The van der Waals surface area contributed by atoms with Gasteiger partial charge in [-0.2, -0.15) is 0 Å². The molecule has 0 bridgehead atoms. The van der Waals surface area contributed by atoms with E-state index in [1.165, 1.54) is 11.3 Å². The van der Waals surface area contributed by atoms with Crippen molar-refractivity contribution in [1.82, 2.24) is 10.3 Å². The van der Waals surface area contributed by atoms with Gasteiger partial charge in [-0.3, -0.25) is 9.59 Å². The minimum atomic E-state index is -0.465. The van der Waals surface area contributed by atoms with E-state index in [2.05, 4.69) is 15.6 Å². The summed E-state index contributed by atoms with van der Waals surface area (Å²) in [6.07, 6.45) is 0.0948. The van der Waals surface area contributed by atoms with Gasteiger partial charge in [0.05, 0.1) is 0 Å². The number of hydrogen-bond acceptors (Lipinski definition) is 6. The van der Waals surface area contributed by atoms with Crippen LogP contribution in [0.3, 0.4) is 0 Å². The van der Waals surface area contributed by atoms with Gasteiger partial charge >= 0.3 is 0 Å². The summed E-state index contributed by atoms with van der Waals surface area (Å²) >= 11 is 1.18. The van der Waals surface area contributed by atoms with Crippen molar-refractivity contribution in [2.24, 2.45) is 5.73 Å².